The van der Waals surface area contributed by atoms with Gasteiger partial charge >= 0.3 is 0 Å². The van der Waals surface area contributed by atoms with Crippen molar-refractivity contribution in [3.63, 3.8) is 0 Å². The van der Waals surface area contributed by atoms with E-state index < -0.39 is 0 Å². The molecular weight excluding hydrogens is 394 g/mol. The van der Waals surface area contributed by atoms with Crippen LogP contribution in [0.1, 0.15) is 56.0 Å². The van der Waals surface area contributed by atoms with Gasteiger partial charge in [-0.2, -0.15) is 5.26 Å². The molecule has 0 bridgehead atoms. The third-order valence-corrected chi connectivity index (χ3v) is 5.68. The smallest absolute Gasteiger partial charge is 0.255 e. The van der Waals surface area contributed by atoms with Crippen LogP contribution in [-0.4, -0.2) is 19.0 Å². The highest BCUT2D eigenvalue weighted by Crippen LogP contribution is 2.23. The predicted octanol–water partition coefficient (Wildman–Crippen LogP) is 6.25. The zero-order valence-corrected chi connectivity index (χ0v) is 19.2. The van der Waals surface area contributed by atoms with Crippen LogP contribution in [0.3, 0.4) is 0 Å². The molecule has 32 heavy (non-hydrogen) atoms. The molecule has 3 rings (SSSR count). The van der Waals surface area contributed by atoms with Gasteiger partial charge in [-0.15, -0.1) is 0 Å². The maximum atomic E-state index is 13.2. The number of amides is 1. The number of nitrogens with one attached hydrogen (secondary N) is 1. The molecule has 4 nitrogen and oxygen atoms in total. The van der Waals surface area contributed by atoms with E-state index in [9.17, 15) is 10.1 Å². The molecule has 2 aromatic carbocycles. The Morgan fingerprint density at radius 1 is 1.00 bits per heavy atom. The van der Waals surface area contributed by atoms with Gasteiger partial charge in [-0.1, -0.05) is 48.0 Å². The van der Waals surface area contributed by atoms with Crippen LogP contribution in [0, 0.1) is 11.3 Å². The number of hydrogen-bond acceptors (Lipinski definition) is 3. The van der Waals surface area contributed by atoms with E-state index in [2.05, 4.69) is 22.4 Å². The van der Waals surface area contributed by atoms with Crippen molar-refractivity contribution in [2.24, 2.45) is 0 Å². The van der Waals surface area contributed by atoms with Gasteiger partial charge in [0.25, 0.3) is 5.91 Å². The van der Waals surface area contributed by atoms with Gasteiger partial charge in [-0.3, -0.25) is 4.79 Å². The molecule has 1 amide bonds. The second-order valence-corrected chi connectivity index (χ2v) is 8.21. The van der Waals surface area contributed by atoms with Gasteiger partial charge in [-0.05, 0) is 75.4 Å². The van der Waals surface area contributed by atoms with E-state index in [1.807, 2.05) is 81.5 Å². The molecule has 1 aliphatic rings. The van der Waals surface area contributed by atoms with Crippen molar-refractivity contribution >= 4 is 17.2 Å². The van der Waals surface area contributed by atoms with Crippen LogP contribution in [0.25, 0.3) is 5.57 Å². The Labute approximate surface area is 191 Å². The summed E-state index contributed by atoms with van der Waals surface area (Å²) in [6, 6.07) is 20.0. The molecule has 4 heteroatoms. The molecule has 164 valence electrons. The fraction of sp³-hybridized carbons (Fsp3) is 0.286. The Bertz CT molecular complexity index is 1080. The minimum absolute atomic E-state index is 0.215. The van der Waals surface area contributed by atoms with Crippen molar-refractivity contribution in [1.29, 1.82) is 5.26 Å². The summed E-state index contributed by atoms with van der Waals surface area (Å²) in [6.07, 6.45) is 7.49. The summed E-state index contributed by atoms with van der Waals surface area (Å²) in [4.78, 5) is 15.6. The van der Waals surface area contributed by atoms with Crippen molar-refractivity contribution in [1.82, 2.24) is 5.32 Å². The van der Waals surface area contributed by atoms with E-state index >= 15 is 0 Å². The van der Waals surface area contributed by atoms with Gasteiger partial charge in [0.15, 0.2) is 0 Å². The number of piperidine rings is 1. The average molecular weight is 426 g/mol. The van der Waals surface area contributed by atoms with Gasteiger partial charge < -0.3 is 10.2 Å². The number of carbonyl (C=O) groups is 1. The molecule has 1 saturated heterocycles. The van der Waals surface area contributed by atoms with Crippen molar-refractivity contribution in [2.75, 3.05) is 18.0 Å². The molecule has 0 unspecified atom stereocenters. The standard InChI is InChI=1S/C28H31N3O/c1-4-22(23-12-7-5-8-13-23)19-27(26(20-29)21(2)3)30-28(32)24-14-11-15-25(18-24)31-16-9-6-10-17-31/h4-5,7-8,11-15,18-19H,6,9-10,16-17H2,1-3H3,(H,30,32)/b22-4+,27-19+. The lowest BCUT2D eigenvalue weighted by molar-refractivity contribution is 0.0967. The van der Waals surface area contributed by atoms with Crippen LogP contribution in [0.4, 0.5) is 5.69 Å². The lowest BCUT2D eigenvalue weighted by Crippen LogP contribution is -2.30. The summed E-state index contributed by atoms with van der Waals surface area (Å²) < 4.78 is 0. The van der Waals surface area contributed by atoms with Crippen LogP contribution < -0.4 is 10.2 Å². The maximum Gasteiger partial charge on any atom is 0.255 e. The predicted molar refractivity (Wildman–Crippen MR) is 132 cm³/mol. The van der Waals surface area contributed by atoms with Gasteiger partial charge in [-0.25, -0.2) is 0 Å². The first kappa shape index (κ1) is 23.1. The Morgan fingerprint density at radius 2 is 1.69 bits per heavy atom. The third kappa shape index (κ3) is 5.76. The molecule has 0 aromatic heterocycles. The van der Waals surface area contributed by atoms with Crippen molar-refractivity contribution < 1.29 is 4.79 Å². The van der Waals surface area contributed by atoms with E-state index in [4.69, 9.17) is 0 Å². The first-order valence-electron chi connectivity index (χ1n) is 11.2. The van der Waals surface area contributed by atoms with Crippen molar-refractivity contribution in [3.05, 3.63) is 94.7 Å². The number of carbonyl (C=O) groups excluding carboxylic acids is 1. The van der Waals surface area contributed by atoms with Crippen LogP contribution >= 0.6 is 0 Å². The summed E-state index contributed by atoms with van der Waals surface area (Å²) in [7, 11) is 0. The summed E-state index contributed by atoms with van der Waals surface area (Å²) in [5, 5.41) is 12.8. The molecule has 2 aromatic rings. The topological polar surface area (TPSA) is 56.1 Å². The normalized spacial score (nSPS) is 14.5. The lowest BCUT2D eigenvalue weighted by Gasteiger charge is -2.29. The van der Waals surface area contributed by atoms with E-state index in [0.717, 1.165) is 35.5 Å². The fourth-order valence-corrected chi connectivity index (χ4v) is 3.92. The first-order chi connectivity index (χ1) is 15.5. The van der Waals surface area contributed by atoms with Gasteiger partial charge in [0.2, 0.25) is 0 Å². The van der Waals surface area contributed by atoms with Gasteiger partial charge in [0.1, 0.15) is 6.07 Å². The Morgan fingerprint density at radius 3 is 2.31 bits per heavy atom. The zero-order chi connectivity index (χ0) is 22.9. The van der Waals surface area contributed by atoms with E-state index in [0.29, 0.717) is 16.8 Å². The molecule has 0 spiro atoms. The van der Waals surface area contributed by atoms with E-state index in [1.165, 1.54) is 19.3 Å². The number of nitrogens with zero attached hydrogens (tertiary/aromatic N) is 2. The summed E-state index contributed by atoms with van der Waals surface area (Å²) in [6.45, 7) is 7.76. The molecule has 1 heterocycles. The average Bonchev–Trinajstić information content (AvgIpc) is 2.83. The number of nitriles is 1. The Balaban J connectivity index is 1.93. The molecule has 0 radical (unpaired) electrons. The highest BCUT2D eigenvalue weighted by Gasteiger charge is 2.16. The van der Waals surface area contributed by atoms with Crippen LogP contribution in [0.15, 0.2) is 83.6 Å². The molecule has 1 fully saturated rings. The number of hydrogen-bond donors (Lipinski definition) is 1. The highest BCUT2D eigenvalue weighted by atomic mass is 16.1. The summed E-state index contributed by atoms with van der Waals surface area (Å²) in [5.74, 6) is -0.215. The Hall–Kier alpha value is -3.58. The number of anilines is 1. The number of allylic oxidation sites excluding steroid dienone is 5. The second kappa shape index (κ2) is 11.2. The van der Waals surface area contributed by atoms with E-state index in [-0.39, 0.29) is 5.91 Å². The quantitative estimate of drug-likeness (QED) is 0.439. The van der Waals surface area contributed by atoms with E-state index in [1.54, 1.807) is 0 Å². The highest BCUT2D eigenvalue weighted by molar-refractivity contribution is 5.97. The molecule has 0 saturated carbocycles. The van der Waals surface area contributed by atoms with Crippen molar-refractivity contribution in [2.45, 2.75) is 40.0 Å². The van der Waals surface area contributed by atoms with Gasteiger partial charge in [0.05, 0.1) is 11.3 Å². The van der Waals surface area contributed by atoms with Crippen LogP contribution in [-0.2, 0) is 0 Å². The minimum atomic E-state index is -0.215. The molecular formula is C28H31N3O. The number of benzene rings is 2. The monoisotopic (exact) mass is 425 g/mol. The SMILES string of the molecule is C/C=C(\C=C(\NC(=O)c1cccc(N2CCCCC2)c1)C(C#N)=C(C)C)c1ccccc1. The van der Waals surface area contributed by atoms with Crippen LogP contribution in [0.2, 0.25) is 0 Å². The Kier molecular flexibility index (Phi) is 8.05. The van der Waals surface area contributed by atoms with Gasteiger partial charge in [0, 0.05) is 24.3 Å². The second-order valence-electron chi connectivity index (χ2n) is 8.21. The molecule has 1 aliphatic heterocycles. The molecule has 1 N–H and O–H groups in total. The maximum absolute atomic E-state index is 13.2. The first-order valence-corrected chi connectivity index (χ1v) is 11.2. The fourth-order valence-electron chi connectivity index (χ4n) is 3.92. The van der Waals surface area contributed by atoms with Crippen molar-refractivity contribution in [3.8, 4) is 6.07 Å². The summed E-state index contributed by atoms with van der Waals surface area (Å²) >= 11 is 0. The minimum Gasteiger partial charge on any atom is -0.372 e. The zero-order valence-electron chi connectivity index (χ0n) is 19.2. The molecule has 0 aliphatic carbocycles. The lowest BCUT2D eigenvalue weighted by atomic mass is 10.0. The summed E-state index contributed by atoms with van der Waals surface area (Å²) in [5.41, 5.74) is 5.47. The van der Waals surface area contributed by atoms with Crippen LogP contribution in [0.5, 0.6) is 0 Å². The largest absolute Gasteiger partial charge is 0.372 e. The molecule has 0 atom stereocenters. The third-order valence-electron chi connectivity index (χ3n) is 5.68. The number of rotatable bonds is 6.